The molecule has 0 unspecified atom stereocenters. The molecule has 1 heterocycles. The zero-order valence-electron chi connectivity index (χ0n) is 10.8. The van der Waals surface area contributed by atoms with E-state index in [1.165, 1.54) is 12.8 Å². The van der Waals surface area contributed by atoms with E-state index in [1.54, 1.807) is 24.3 Å². The predicted octanol–water partition coefficient (Wildman–Crippen LogP) is 0.837. The van der Waals surface area contributed by atoms with E-state index in [1.807, 2.05) is 0 Å². The molecule has 0 aromatic heterocycles. The van der Waals surface area contributed by atoms with Crippen LogP contribution < -0.4 is 15.4 Å². The van der Waals surface area contributed by atoms with Gasteiger partial charge in [-0.25, -0.2) is 13.4 Å². The summed E-state index contributed by atoms with van der Waals surface area (Å²) in [5.74, 6) is 0. The van der Waals surface area contributed by atoms with Gasteiger partial charge in [-0.2, -0.15) is 0 Å². The number of thiocarbonyl (C=S) groups is 1. The van der Waals surface area contributed by atoms with Crippen LogP contribution >= 0.6 is 12.2 Å². The minimum atomic E-state index is -3.70. The van der Waals surface area contributed by atoms with Gasteiger partial charge in [-0.15, -0.1) is 0 Å². The zero-order valence-corrected chi connectivity index (χ0v) is 12.5. The van der Waals surface area contributed by atoms with Gasteiger partial charge in [0.25, 0.3) is 10.0 Å². The van der Waals surface area contributed by atoms with Crippen LogP contribution in [0.1, 0.15) is 12.8 Å². The summed E-state index contributed by atoms with van der Waals surface area (Å²) < 4.78 is 26.2. The Morgan fingerprint density at radius 1 is 1.30 bits per heavy atom. The third kappa shape index (κ3) is 3.45. The van der Waals surface area contributed by atoms with Crippen LogP contribution in [0, 0.1) is 0 Å². The average molecular weight is 312 g/mol. The Hall–Kier alpha value is -1.67. The summed E-state index contributed by atoms with van der Waals surface area (Å²) in [6, 6.07) is 6.72. The number of nitrogens with one attached hydrogen (secondary N) is 1. The highest BCUT2D eigenvalue weighted by Crippen LogP contribution is 2.21. The minimum Gasteiger partial charge on any atom is -0.390 e. The molecule has 0 saturated carbocycles. The lowest BCUT2D eigenvalue weighted by Crippen LogP contribution is -2.28. The molecule has 6 nitrogen and oxygen atoms in total. The van der Waals surface area contributed by atoms with Crippen molar-refractivity contribution in [2.75, 3.05) is 18.0 Å². The first-order chi connectivity index (χ1) is 9.53. The van der Waals surface area contributed by atoms with Gasteiger partial charge in [0.2, 0.25) is 5.11 Å². The first-order valence-corrected chi connectivity index (χ1v) is 8.08. The van der Waals surface area contributed by atoms with E-state index in [2.05, 4.69) is 14.6 Å². The number of benzene rings is 1. The summed E-state index contributed by atoms with van der Waals surface area (Å²) in [5.41, 5.74) is 6.09. The standard InChI is InChI=1S/C12H16N4O2S2/c13-9-14-12(19)15-20(17,18)11-5-3-10(4-6-11)16-7-1-2-8-16/h3-6,9H,1-2,7-8H2,(H3,13,14,15,19). The molecule has 108 valence electrons. The predicted molar refractivity (Wildman–Crippen MR) is 83.5 cm³/mol. The second kappa shape index (κ2) is 6.19. The smallest absolute Gasteiger partial charge is 0.263 e. The molecule has 1 aromatic rings. The SMILES string of the molecule is N/C=N\C(=S)NS(=O)(=O)c1ccc(N2CCCC2)cc1. The van der Waals surface area contributed by atoms with Gasteiger partial charge in [-0.3, -0.25) is 4.72 Å². The summed E-state index contributed by atoms with van der Waals surface area (Å²) in [4.78, 5) is 5.88. The highest BCUT2D eigenvalue weighted by atomic mass is 32.2. The molecule has 3 N–H and O–H groups in total. The van der Waals surface area contributed by atoms with E-state index in [0.29, 0.717) is 0 Å². The summed E-state index contributed by atoms with van der Waals surface area (Å²) in [7, 11) is -3.70. The lowest BCUT2D eigenvalue weighted by Gasteiger charge is -2.17. The summed E-state index contributed by atoms with van der Waals surface area (Å²) in [5, 5.41) is -0.184. The molecule has 0 aliphatic carbocycles. The summed E-state index contributed by atoms with van der Waals surface area (Å²) in [6.45, 7) is 2.03. The molecule has 1 aromatic carbocycles. The van der Waals surface area contributed by atoms with E-state index in [9.17, 15) is 8.42 Å². The lowest BCUT2D eigenvalue weighted by atomic mass is 10.3. The second-order valence-electron chi connectivity index (χ2n) is 4.38. The van der Waals surface area contributed by atoms with Crippen molar-refractivity contribution in [3.05, 3.63) is 24.3 Å². The van der Waals surface area contributed by atoms with Crippen LogP contribution in [0.15, 0.2) is 34.2 Å². The Balaban J connectivity index is 2.14. The topological polar surface area (TPSA) is 87.8 Å². The molecule has 0 radical (unpaired) electrons. The van der Waals surface area contributed by atoms with Gasteiger partial charge in [0.1, 0.15) is 0 Å². The van der Waals surface area contributed by atoms with Crippen molar-refractivity contribution < 1.29 is 8.42 Å². The number of rotatable bonds is 3. The second-order valence-corrected chi connectivity index (χ2v) is 6.45. The molecule has 0 amide bonds. The van der Waals surface area contributed by atoms with Crippen LogP contribution in [-0.4, -0.2) is 33.0 Å². The van der Waals surface area contributed by atoms with Gasteiger partial charge in [0, 0.05) is 18.8 Å². The van der Waals surface area contributed by atoms with Crippen molar-refractivity contribution >= 4 is 39.4 Å². The fraction of sp³-hybridized carbons (Fsp3) is 0.333. The summed E-state index contributed by atoms with van der Waals surface area (Å²) >= 11 is 4.74. The van der Waals surface area contributed by atoms with Crippen molar-refractivity contribution in [3.8, 4) is 0 Å². The molecule has 1 aliphatic rings. The van der Waals surface area contributed by atoms with Gasteiger partial charge in [0.05, 0.1) is 11.2 Å². The minimum absolute atomic E-state index is 0.148. The summed E-state index contributed by atoms with van der Waals surface area (Å²) in [6.07, 6.45) is 3.29. The Kier molecular flexibility index (Phi) is 4.56. The van der Waals surface area contributed by atoms with E-state index in [0.717, 1.165) is 25.1 Å². The number of sulfonamides is 1. The van der Waals surface area contributed by atoms with Crippen molar-refractivity contribution in [1.29, 1.82) is 0 Å². The third-order valence-electron chi connectivity index (χ3n) is 3.03. The largest absolute Gasteiger partial charge is 0.390 e. The zero-order chi connectivity index (χ0) is 14.6. The fourth-order valence-electron chi connectivity index (χ4n) is 2.08. The maximum atomic E-state index is 12.0. The van der Waals surface area contributed by atoms with Crippen LogP contribution in [-0.2, 0) is 10.0 Å². The van der Waals surface area contributed by atoms with Crippen molar-refractivity contribution in [1.82, 2.24) is 4.72 Å². The Morgan fingerprint density at radius 2 is 1.90 bits per heavy atom. The van der Waals surface area contributed by atoms with Gasteiger partial charge in [-0.05, 0) is 49.3 Å². The normalized spacial score (nSPS) is 15.7. The van der Waals surface area contributed by atoms with Gasteiger partial charge in [-0.1, -0.05) is 0 Å². The van der Waals surface area contributed by atoms with Gasteiger partial charge >= 0.3 is 0 Å². The van der Waals surface area contributed by atoms with E-state index < -0.39 is 10.0 Å². The molecule has 0 spiro atoms. The molecule has 0 atom stereocenters. The Labute approximate surface area is 123 Å². The number of hydrogen-bond acceptors (Lipinski definition) is 4. The van der Waals surface area contributed by atoms with E-state index in [4.69, 9.17) is 18.0 Å². The fourth-order valence-corrected chi connectivity index (χ4v) is 3.36. The maximum absolute atomic E-state index is 12.0. The van der Waals surface area contributed by atoms with Crippen LogP contribution in [0.5, 0.6) is 0 Å². The number of nitrogens with two attached hydrogens (primary N) is 1. The van der Waals surface area contributed by atoms with E-state index >= 15 is 0 Å². The number of hydrogen-bond donors (Lipinski definition) is 2. The molecule has 1 saturated heterocycles. The van der Waals surface area contributed by atoms with Crippen molar-refractivity contribution in [3.63, 3.8) is 0 Å². The van der Waals surface area contributed by atoms with Crippen LogP contribution in [0.3, 0.4) is 0 Å². The molecule has 1 fully saturated rings. The van der Waals surface area contributed by atoms with Crippen LogP contribution in [0.25, 0.3) is 0 Å². The number of anilines is 1. The molecular formula is C12H16N4O2S2. The van der Waals surface area contributed by atoms with Crippen molar-refractivity contribution in [2.45, 2.75) is 17.7 Å². The lowest BCUT2D eigenvalue weighted by molar-refractivity contribution is 0.592. The van der Waals surface area contributed by atoms with Crippen LogP contribution in [0.4, 0.5) is 5.69 Å². The van der Waals surface area contributed by atoms with Gasteiger partial charge < -0.3 is 10.6 Å². The number of aliphatic imine (C=N–C) groups is 1. The highest BCUT2D eigenvalue weighted by molar-refractivity contribution is 7.91. The quantitative estimate of drug-likeness (QED) is 0.490. The van der Waals surface area contributed by atoms with E-state index in [-0.39, 0.29) is 10.0 Å². The number of nitrogens with zero attached hydrogens (tertiary/aromatic N) is 2. The highest BCUT2D eigenvalue weighted by Gasteiger charge is 2.17. The van der Waals surface area contributed by atoms with Gasteiger partial charge in [0.15, 0.2) is 0 Å². The molecule has 8 heteroatoms. The molecule has 1 aliphatic heterocycles. The third-order valence-corrected chi connectivity index (χ3v) is 4.72. The Morgan fingerprint density at radius 3 is 2.45 bits per heavy atom. The average Bonchev–Trinajstić information content (AvgIpc) is 2.92. The first kappa shape index (κ1) is 14.7. The molecule has 2 rings (SSSR count). The monoisotopic (exact) mass is 312 g/mol. The van der Waals surface area contributed by atoms with Crippen molar-refractivity contribution in [2.24, 2.45) is 10.7 Å². The molecule has 20 heavy (non-hydrogen) atoms. The Bertz CT molecular complexity index is 605. The maximum Gasteiger partial charge on any atom is 0.263 e. The molecular weight excluding hydrogens is 296 g/mol. The van der Waals surface area contributed by atoms with Crippen LogP contribution in [0.2, 0.25) is 0 Å². The first-order valence-electron chi connectivity index (χ1n) is 6.19. The molecule has 0 bridgehead atoms.